The summed E-state index contributed by atoms with van der Waals surface area (Å²) in [5.74, 6) is 0.987. The van der Waals surface area contributed by atoms with Crippen LogP contribution >= 0.6 is 35.3 Å². The number of nitrogens with one attached hydrogen (secondary N) is 1. The zero-order valence-electron chi connectivity index (χ0n) is 18.0. The molecule has 1 aliphatic rings. The van der Waals surface area contributed by atoms with Gasteiger partial charge in [0.1, 0.15) is 0 Å². The number of hydrogen-bond acceptors (Lipinski definition) is 5. The molecule has 0 saturated carbocycles. The third kappa shape index (κ3) is 8.51. The van der Waals surface area contributed by atoms with E-state index < -0.39 is 0 Å². The lowest BCUT2D eigenvalue weighted by Crippen LogP contribution is -2.47. The summed E-state index contributed by atoms with van der Waals surface area (Å²) in [5.41, 5.74) is 1.15. The van der Waals surface area contributed by atoms with E-state index in [-0.39, 0.29) is 29.4 Å². The summed E-state index contributed by atoms with van der Waals surface area (Å²) in [7, 11) is 1.73. The Hall–Kier alpha value is -0.450. The van der Waals surface area contributed by atoms with Gasteiger partial charge in [-0.05, 0) is 26.2 Å². The quantitative estimate of drug-likeness (QED) is 0.241. The van der Waals surface area contributed by atoms with E-state index in [1.807, 2.05) is 0 Å². The van der Waals surface area contributed by atoms with Gasteiger partial charge in [0, 0.05) is 50.8 Å². The molecule has 0 atom stereocenters. The van der Waals surface area contributed by atoms with Crippen molar-refractivity contribution in [1.82, 2.24) is 15.2 Å². The van der Waals surface area contributed by atoms with Gasteiger partial charge in [-0.3, -0.25) is 0 Å². The molecule has 2 heterocycles. The zero-order valence-corrected chi connectivity index (χ0v) is 21.1. The summed E-state index contributed by atoms with van der Waals surface area (Å²) in [5, 5.41) is 6.73. The lowest BCUT2D eigenvalue weighted by Gasteiger charge is -2.34. The first-order valence-electron chi connectivity index (χ1n) is 10.0. The molecule has 8 heteroatoms. The molecule has 1 aromatic rings. The maximum Gasteiger partial charge on any atom is 0.194 e. The largest absolute Gasteiger partial charge is 0.385 e. The Kier molecular flexibility index (Phi) is 11.9. The normalized spacial score (nSPS) is 16.2. The molecule has 1 N–H and O–H groups in total. The molecule has 1 aliphatic heterocycles. The molecular weight excluding hydrogens is 487 g/mol. The topological polar surface area (TPSA) is 59.0 Å². The highest BCUT2D eigenvalue weighted by atomic mass is 127. The summed E-state index contributed by atoms with van der Waals surface area (Å²) in [6, 6.07) is 0. The van der Waals surface area contributed by atoms with E-state index in [1.54, 1.807) is 18.4 Å². The van der Waals surface area contributed by atoms with Crippen LogP contribution in [0.25, 0.3) is 0 Å². The lowest BCUT2D eigenvalue weighted by atomic mass is 9.98. The minimum Gasteiger partial charge on any atom is -0.385 e. The maximum absolute atomic E-state index is 5.96. The standard InChI is InChI=1S/C20H36N4O2S.HI/c1-6-21-19(22-14-16-15-27-18(23-16)20(2,3)4)24-10-8-17(9-11-24)26-13-7-12-25-5;/h15,17H,6-14H2,1-5H3,(H,21,22);1H. The first-order chi connectivity index (χ1) is 12.9. The van der Waals surface area contributed by atoms with Crippen molar-refractivity contribution in [3.63, 3.8) is 0 Å². The highest BCUT2D eigenvalue weighted by Crippen LogP contribution is 2.25. The third-order valence-corrected chi connectivity index (χ3v) is 5.82. The zero-order chi connectivity index (χ0) is 19.7. The fourth-order valence-corrected chi connectivity index (χ4v) is 3.89. The molecular formula is C20H37IN4O2S. The SMILES string of the molecule is CCNC(=NCc1csc(C(C)(C)C)n1)N1CCC(OCCCOC)CC1.I. The second-order valence-corrected chi connectivity index (χ2v) is 8.83. The number of piperidine rings is 1. The van der Waals surface area contributed by atoms with E-state index in [4.69, 9.17) is 19.5 Å². The van der Waals surface area contributed by atoms with Crippen LogP contribution < -0.4 is 5.32 Å². The van der Waals surface area contributed by atoms with Gasteiger partial charge in [-0.2, -0.15) is 0 Å². The molecule has 1 fully saturated rings. The molecule has 0 spiro atoms. The highest BCUT2D eigenvalue weighted by molar-refractivity contribution is 14.0. The summed E-state index contributed by atoms with van der Waals surface area (Å²) in [6.07, 6.45) is 3.41. The smallest absolute Gasteiger partial charge is 0.194 e. The molecule has 0 radical (unpaired) electrons. The molecule has 162 valence electrons. The third-order valence-electron chi connectivity index (χ3n) is 4.51. The Balaban J connectivity index is 0.00000392. The van der Waals surface area contributed by atoms with Crippen LogP contribution in [0.4, 0.5) is 0 Å². The minimum atomic E-state index is 0. The number of hydrogen-bond donors (Lipinski definition) is 1. The Morgan fingerprint density at radius 3 is 2.61 bits per heavy atom. The van der Waals surface area contributed by atoms with Crippen molar-refractivity contribution in [2.75, 3.05) is 40.0 Å². The predicted octanol–water partition coefficient (Wildman–Crippen LogP) is 4.04. The second-order valence-electron chi connectivity index (χ2n) is 7.97. The van der Waals surface area contributed by atoms with Crippen LogP contribution in [-0.2, 0) is 21.4 Å². The molecule has 0 amide bonds. The van der Waals surface area contributed by atoms with Gasteiger partial charge < -0.3 is 19.7 Å². The van der Waals surface area contributed by atoms with Crippen LogP contribution in [-0.4, -0.2) is 61.9 Å². The van der Waals surface area contributed by atoms with E-state index in [1.165, 1.54) is 5.01 Å². The van der Waals surface area contributed by atoms with Gasteiger partial charge in [-0.25, -0.2) is 9.98 Å². The van der Waals surface area contributed by atoms with Gasteiger partial charge in [-0.15, -0.1) is 35.3 Å². The molecule has 6 nitrogen and oxygen atoms in total. The van der Waals surface area contributed by atoms with E-state index in [0.29, 0.717) is 12.6 Å². The molecule has 1 saturated heterocycles. The van der Waals surface area contributed by atoms with Gasteiger partial charge in [0.15, 0.2) is 5.96 Å². The highest BCUT2D eigenvalue weighted by Gasteiger charge is 2.22. The molecule has 1 aromatic heterocycles. The van der Waals surface area contributed by atoms with E-state index in [0.717, 1.165) is 63.8 Å². The van der Waals surface area contributed by atoms with E-state index >= 15 is 0 Å². The number of thiazole rings is 1. The molecule has 0 aromatic carbocycles. The number of halogens is 1. The van der Waals surface area contributed by atoms with Gasteiger partial charge in [0.2, 0.25) is 0 Å². The van der Waals surface area contributed by atoms with Crippen molar-refractivity contribution < 1.29 is 9.47 Å². The van der Waals surface area contributed by atoms with Crippen molar-refractivity contribution in [3.05, 3.63) is 16.1 Å². The van der Waals surface area contributed by atoms with Gasteiger partial charge in [0.25, 0.3) is 0 Å². The molecule has 28 heavy (non-hydrogen) atoms. The predicted molar refractivity (Wildman–Crippen MR) is 128 cm³/mol. The number of rotatable bonds is 8. The number of methoxy groups -OCH3 is 1. The summed E-state index contributed by atoms with van der Waals surface area (Å²) >= 11 is 1.73. The van der Waals surface area contributed by atoms with E-state index in [9.17, 15) is 0 Å². The van der Waals surface area contributed by atoms with Crippen LogP contribution in [0.3, 0.4) is 0 Å². The van der Waals surface area contributed by atoms with Crippen LogP contribution in [0.15, 0.2) is 10.4 Å². The first kappa shape index (κ1) is 25.6. The van der Waals surface area contributed by atoms with Crippen molar-refractivity contribution >= 4 is 41.3 Å². The van der Waals surface area contributed by atoms with Crippen molar-refractivity contribution in [3.8, 4) is 0 Å². The molecule has 2 rings (SSSR count). The Labute approximate surface area is 191 Å². The first-order valence-corrected chi connectivity index (χ1v) is 10.9. The number of ether oxygens (including phenoxy) is 2. The second kappa shape index (κ2) is 13.0. The number of likely N-dealkylation sites (tertiary alicyclic amines) is 1. The van der Waals surface area contributed by atoms with Crippen molar-refractivity contribution in [1.29, 1.82) is 0 Å². The molecule has 0 bridgehead atoms. The minimum absolute atomic E-state index is 0. The Bertz CT molecular complexity index is 581. The van der Waals surface area contributed by atoms with E-state index in [2.05, 4.69) is 43.3 Å². The average molecular weight is 525 g/mol. The number of nitrogens with zero attached hydrogens (tertiary/aromatic N) is 3. The van der Waals surface area contributed by atoms with Crippen molar-refractivity contribution in [2.45, 2.75) is 65.0 Å². The number of aliphatic imine (C=N–C) groups is 1. The number of aromatic nitrogens is 1. The van der Waals surface area contributed by atoms with Gasteiger partial charge >= 0.3 is 0 Å². The average Bonchev–Trinajstić information content (AvgIpc) is 3.12. The number of guanidine groups is 1. The van der Waals surface area contributed by atoms with Gasteiger partial charge in [0.05, 0.1) is 23.4 Å². The molecule has 0 aliphatic carbocycles. The van der Waals surface area contributed by atoms with Crippen LogP contribution in [0.5, 0.6) is 0 Å². The summed E-state index contributed by atoms with van der Waals surface area (Å²) < 4.78 is 11.0. The fourth-order valence-electron chi connectivity index (χ4n) is 2.99. The van der Waals surface area contributed by atoms with Crippen LogP contribution in [0.1, 0.15) is 57.7 Å². The lowest BCUT2D eigenvalue weighted by molar-refractivity contribution is 0.00990. The van der Waals surface area contributed by atoms with Crippen LogP contribution in [0.2, 0.25) is 0 Å². The maximum atomic E-state index is 5.96. The molecule has 0 unspecified atom stereocenters. The van der Waals surface area contributed by atoms with Gasteiger partial charge in [-0.1, -0.05) is 20.8 Å². The fraction of sp³-hybridized carbons (Fsp3) is 0.800. The summed E-state index contributed by atoms with van der Waals surface area (Å²) in [6.45, 7) is 13.7. The monoisotopic (exact) mass is 524 g/mol. The van der Waals surface area contributed by atoms with Crippen LogP contribution in [0, 0.1) is 0 Å². The Morgan fingerprint density at radius 2 is 2.04 bits per heavy atom. The van der Waals surface area contributed by atoms with Crippen molar-refractivity contribution in [2.24, 2.45) is 4.99 Å². The Morgan fingerprint density at radius 1 is 1.32 bits per heavy atom. The summed E-state index contributed by atoms with van der Waals surface area (Å²) in [4.78, 5) is 11.9.